The Morgan fingerprint density at radius 2 is 2.47 bits per heavy atom. The highest BCUT2D eigenvalue weighted by Gasteiger charge is 2.23. The SMILES string of the molecule is O=C(c1cc(Cl)c[nH]1)N1CCCC(O)C1. The predicted molar refractivity (Wildman–Crippen MR) is 56.9 cm³/mol. The van der Waals surface area contributed by atoms with Crippen molar-refractivity contribution in [1.29, 1.82) is 0 Å². The third-order valence-electron chi connectivity index (χ3n) is 2.56. The molecule has 2 rings (SSSR count). The van der Waals surface area contributed by atoms with Crippen molar-refractivity contribution < 1.29 is 9.90 Å². The third kappa shape index (κ3) is 2.33. The fraction of sp³-hybridized carbons (Fsp3) is 0.500. The molecular formula is C10H13ClN2O2. The van der Waals surface area contributed by atoms with Crippen LogP contribution in [-0.2, 0) is 0 Å². The number of amides is 1. The Morgan fingerprint density at radius 3 is 3.07 bits per heavy atom. The summed E-state index contributed by atoms with van der Waals surface area (Å²) < 4.78 is 0. The van der Waals surface area contributed by atoms with Crippen LogP contribution in [0.25, 0.3) is 0 Å². The van der Waals surface area contributed by atoms with Crippen LogP contribution < -0.4 is 0 Å². The number of nitrogens with zero attached hydrogens (tertiary/aromatic N) is 1. The number of aromatic amines is 1. The summed E-state index contributed by atoms with van der Waals surface area (Å²) in [7, 11) is 0. The number of aromatic nitrogens is 1. The van der Waals surface area contributed by atoms with Crippen LogP contribution in [0.4, 0.5) is 0 Å². The van der Waals surface area contributed by atoms with Crippen molar-refractivity contribution in [1.82, 2.24) is 9.88 Å². The van der Waals surface area contributed by atoms with E-state index in [4.69, 9.17) is 11.6 Å². The topological polar surface area (TPSA) is 56.3 Å². The van der Waals surface area contributed by atoms with Crippen molar-refractivity contribution >= 4 is 17.5 Å². The predicted octanol–water partition coefficient (Wildman–Crippen LogP) is 1.26. The van der Waals surface area contributed by atoms with Crippen LogP contribution in [0.15, 0.2) is 12.3 Å². The Bertz CT molecular complexity index is 364. The minimum atomic E-state index is -0.395. The number of H-pyrrole nitrogens is 1. The van der Waals surface area contributed by atoms with Gasteiger partial charge in [0.1, 0.15) is 5.69 Å². The zero-order valence-corrected chi connectivity index (χ0v) is 9.00. The molecule has 0 saturated carbocycles. The van der Waals surface area contributed by atoms with Crippen LogP contribution in [-0.4, -0.2) is 40.1 Å². The largest absolute Gasteiger partial charge is 0.391 e. The summed E-state index contributed by atoms with van der Waals surface area (Å²) in [4.78, 5) is 16.3. The first-order chi connectivity index (χ1) is 7.16. The van der Waals surface area contributed by atoms with Gasteiger partial charge in [0, 0.05) is 19.3 Å². The molecule has 0 aromatic carbocycles. The van der Waals surface area contributed by atoms with E-state index >= 15 is 0 Å². The zero-order valence-electron chi connectivity index (χ0n) is 8.24. The molecule has 5 heteroatoms. The summed E-state index contributed by atoms with van der Waals surface area (Å²) in [5, 5.41) is 9.97. The van der Waals surface area contributed by atoms with E-state index in [1.807, 2.05) is 0 Å². The first-order valence-corrected chi connectivity index (χ1v) is 5.36. The third-order valence-corrected chi connectivity index (χ3v) is 2.78. The second-order valence-corrected chi connectivity index (χ2v) is 4.22. The number of likely N-dealkylation sites (tertiary alicyclic amines) is 1. The number of hydrogen-bond acceptors (Lipinski definition) is 2. The first-order valence-electron chi connectivity index (χ1n) is 4.98. The Kier molecular flexibility index (Phi) is 2.98. The molecule has 1 amide bonds. The Morgan fingerprint density at radius 1 is 1.67 bits per heavy atom. The van der Waals surface area contributed by atoms with Gasteiger partial charge < -0.3 is 15.0 Å². The maximum atomic E-state index is 11.9. The molecule has 0 radical (unpaired) electrons. The summed E-state index contributed by atoms with van der Waals surface area (Å²) in [5.74, 6) is -0.0966. The van der Waals surface area contributed by atoms with Gasteiger partial charge >= 0.3 is 0 Å². The van der Waals surface area contributed by atoms with Crippen LogP contribution in [0.3, 0.4) is 0 Å². The van der Waals surface area contributed by atoms with E-state index in [0.29, 0.717) is 23.8 Å². The summed E-state index contributed by atoms with van der Waals surface area (Å²) in [6, 6.07) is 1.60. The second-order valence-electron chi connectivity index (χ2n) is 3.78. The maximum Gasteiger partial charge on any atom is 0.270 e. The van der Waals surface area contributed by atoms with Crippen molar-refractivity contribution in [3.63, 3.8) is 0 Å². The highest BCUT2D eigenvalue weighted by molar-refractivity contribution is 6.30. The summed E-state index contributed by atoms with van der Waals surface area (Å²) >= 11 is 5.72. The number of rotatable bonds is 1. The van der Waals surface area contributed by atoms with Crippen LogP contribution in [0.1, 0.15) is 23.3 Å². The van der Waals surface area contributed by atoms with E-state index in [2.05, 4.69) is 4.98 Å². The maximum absolute atomic E-state index is 11.9. The van der Waals surface area contributed by atoms with Crippen molar-refractivity contribution in [2.45, 2.75) is 18.9 Å². The Hall–Kier alpha value is -1.00. The van der Waals surface area contributed by atoms with Gasteiger partial charge in [0.25, 0.3) is 5.91 Å². The first kappa shape index (κ1) is 10.5. The van der Waals surface area contributed by atoms with Crippen LogP contribution in [0, 0.1) is 0 Å². The van der Waals surface area contributed by atoms with Crippen molar-refractivity contribution in [3.8, 4) is 0 Å². The number of aliphatic hydroxyl groups excluding tert-OH is 1. The van der Waals surface area contributed by atoms with Crippen molar-refractivity contribution in [3.05, 3.63) is 23.0 Å². The van der Waals surface area contributed by atoms with Gasteiger partial charge in [-0.25, -0.2) is 0 Å². The van der Waals surface area contributed by atoms with Crippen molar-refractivity contribution in [2.24, 2.45) is 0 Å². The number of carbonyl (C=O) groups is 1. The highest BCUT2D eigenvalue weighted by atomic mass is 35.5. The number of carbonyl (C=O) groups excluding carboxylic acids is 1. The zero-order chi connectivity index (χ0) is 10.8. The smallest absolute Gasteiger partial charge is 0.270 e. The molecule has 82 valence electrons. The second kappa shape index (κ2) is 4.24. The summed E-state index contributed by atoms with van der Waals surface area (Å²) in [5.41, 5.74) is 0.481. The molecule has 1 saturated heterocycles. The molecule has 4 nitrogen and oxygen atoms in total. The number of hydrogen-bond donors (Lipinski definition) is 2. The van der Waals surface area contributed by atoms with E-state index in [0.717, 1.165) is 12.8 Å². The highest BCUT2D eigenvalue weighted by Crippen LogP contribution is 2.15. The molecule has 1 fully saturated rings. The molecule has 15 heavy (non-hydrogen) atoms. The standard InChI is InChI=1S/C10H13ClN2O2/c11-7-4-9(12-5-7)10(15)13-3-1-2-8(14)6-13/h4-5,8,12,14H,1-3,6H2. The lowest BCUT2D eigenvalue weighted by Crippen LogP contribution is -2.42. The normalized spacial score (nSPS) is 21.7. The van der Waals surface area contributed by atoms with Crippen LogP contribution >= 0.6 is 11.6 Å². The number of halogens is 1. The monoisotopic (exact) mass is 228 g/mol. The minimum Gasteiger partial charge on any atom is -0.391 e. The summed E-state index contributed by atoms with van der Waals surface area (Å²) in [6.45, 7) is 1.11. The molecule has 1 aromatic rings. The van der Waals surface area contributed by atoms with Gasteiger partial charge in [0.2, 0.25) is 0 Å². The van der Waals surface area contributed by atoms with E-state index in [1.165, 1.54) is 0 Å². The molecule has 1 unspecified atom stereocenters. The van der Waals surface area contributed by atoms with E-state index < -0.39 is 6.10 Å². The molecule has 2 N–H and O–H groups in total. The molecule has 0 spiro atoms. The number of β-amino-alcohol motifs (C(OH)–C–C–N with tert-alkyl or cyclic N) is 1. The Balaban J connectivity index is 2.07. The quantitative estimate of drug-likeness (QED) is 0.761. The molecule has 1 atom stereocenters. The fourth-order valence-corrected chi connectivity index (χ4v) is 1.96. The van der Waals surface area contributed by atoms with Gasteiger partial charge in [-0.2, -0.15) is 0 Å². The molecular weight excluding hydrogens is 216 g/mol. The molecule has 1 aromatic heterocycles. The van der Waals surface area contributed by atoms with Gasteiger partial charge in [-0.05, 0) is 18.9 Å². The molecule has 0 bridgehead atoms. The van der Waals surface area contributed by atoms with Gasteiger partial charge in [-0.1, -0.05) is 11.6 Å². The van der Waals surface area contributed by atoms with Crippen LogP contribution in [0.2, 0.25) is 5.02 Å². The van der Waals surface area contributed by atoms with Gasteiger partial charge in [0.05, 0.1) is 11.1 Å². The van der Waals surface area contributed by atoms with Gasteiger partial charge in [0.15, 0.2) is 0 Å². The average Bonchev–Trinajstić information content (AvgIpc) is 2.64. The molecule has 2 heterocycles. The van der Waals surface area contributed by atoms with Crippen LogP contribution in [0.5, 0.6) is 0 Å². The van der Waals surface area contributed by atoms with Crippen molar-refractivity contribution in [2.75, 3.05) is 13.1 Å². The Labute approximate surface area is 92.8 Å². The molecule has 1 aliphatic heterocycles. The molecule has 0 aliphatic carbocycles. The number of aliphatic hydroxyl groups is 1. The minimum absolute atomic E-state index is 0.0966. The number of nitrogens with one attached hydrogen (secondary N) is 1. The lowest BCUT2D eigenvalue weighted by atomic mass is 10.1. The number of piperidine rings is 1. The van der Waals surface area contributed by atoms with E-state index in [9.17, 15) is 9.90 Å². The van der Waals surface area contributed by atoms with E-state index in [1.54, 1.807) is 17.2 Å². The summed E-state index contributed by atoms with van der Waals surface area (Å²) in [6.07, 6.45) is 2.80. The fourth-order valence-electron chi connectivity index (χ4n) is 1.80. The lowest BCUT2D eigenvalue weighted by molar-refractivity contribution is 0.0469. The lowest BCUT2D eigenvalue weighted by Gasteiger charge is -2.29. The van der Waals surface area contributed by atoms with Gasteiger partial charge in [-0.15, -0.1) is 0 Å². The average molecular weight is 229 g/mol. The molecule has 1 aliphatic rings. The van der Waals surface area contributed by atoms with E-state index in [-0.39, 0.29) is 5.91 Å². The van der Waals surface area contributed by atoms with Gasteiger partial charge in [-0.3, -0.25) is 4.79 Å².